The molecule has 5 unspecified atom stereocenters. The van der Waals surface area contributed by atoms with Gasteiger partial charge in [-0.05, 0) is 5.56 Å². The van der Waals surface area contributed by atoms with Gasteiger partial charge in [0.2, 0.25) is 0 Å². The number of hydrogen-bond donors (Lipinski definition) is 4. The first-order chi connectivity index (χ1) is 9.13. The third kappa shape index (κ3) is 3.30. The van der Waals surface area contributed by atoms with Crippen molar-refractivity contribution in [1.82, 2.24) is 0 Å². The summed E-state index contributed by atoms with van der Waals surface area (Å²) in [6.45, 7) is -0.277. The summed E-state index contributed by atoms with van der Waals surface area (Å²) >= 11 is 0. The molecule has 19 heavy (non-hydrogen) atoms. The lowest BCUT2D eigenvalue weighted by molar-refractivity contribution is -0.296. The molecule has 1 aromatic rings. The molecule has 0 amide bonds. The van der Waals surface area contributed by atoms with Gasteiger partial charge in [0.25, 0.3) is 0 Å². The van der Waals surface area contributed by atoms with Gasteiger partial charge >= 0.3 is 0 Å². The van der Waals surface area contributed by atoms with Crippen LogP contribution in [0.2, 0.25) is 0 Å². The second-order valence-corrected chi connectivity index (χ2v) is 4.49. The topological polar surface area (TPSA) is 99.4 Å². The number of hydrogen-bond acceptors (Lipinski definition) is 6. The molecule has 0 aromatic heterocycles. The van der Waals surface area contributed by atoms with E-state index in [9.17, 15) is 15.3 Å². The van der Waals surface area contributed by atoms with Crippen molar-refractivity contribution in [3.05, 3.63) is 35.9 Å². The molecular weight excluding hydrogens is 252 g/mol. The van der Waals surface area contributed by atoms with Gasteiger partial charge in [0.1, 0.15) is 24.4 Å². The molecule has 0 aliphatic carbocycles. The summed E-state index contributed by atoms with van der Waals surface area (Å²) < 4.78 is 10.3. The van der Waals surface area contributed by atoms with Crippen LogP contribution in [0.1, 0.15) is 5.56 Å². The molecule has 1 aromatic carbocycles. The van der Waals surface area contributed by atoms with Crippen molar-refractivity contribution in [2.75, 3.05) is 6.61 Å². The van der Waals surface area contributed by atoms with Gasteiger partial charge in [0.15, 0.2) is 6.29 Å². The Kier molecular flexibility index (Phi) is 4.87. The number of ether oxygens (including phenoxy) is 2. The smallest absolute Gasteiger partial charge is 0.184 e. The first-order valence-corrected chi connectivity index (χ1v) is 6.09. The Labute approximate surface area is 110 Å². The predicted octanol–water partition coefficient (Wildman–Crippen LogP) is -0.997. The van der Waals surface area contributed by atoms with Gasteiger partial charge in [0.05, 0.1) is 13.2 Å². The van der Waals surface area contributed by atoms with Gasteiger partial charge in [-0.2, -0.15) is 0 Å². The van der Waals surface area contributed by atoms with Gasteiger partial charge in [-0.15, -0.1) is 0 Å². The van der Waals surface area contributed by atoms with E-state index in [0.717, 1.165) is 5.56 Å². The average Bonchev–Trinajstić information content (AvgIpc) is 2.44. The monoisotopic (exact) mass is 270 g/mol. The molecule has 106 valence electrons. The first kappa shape index (κ1) is 14.4. The van der Waals surface area contributed by atoms with E-state index in [4.69, 9.17) is 14.6 Å². The van der Waals surface area contributed by atoms with Crippen LogP contribution in [0.3, 0.4) is 0 Å². The summed E-state index contributed by atoms with van der Waals surface area (Å²) in [6.07, 6.45) is -6.03. The van der Waals surface area contributed by atoms with Crippen molar-refractivity contribution in [3.63, 3.8) is 0 Å². The van der Waals surface area contributed by atoms with Crippen LogP contribution in [-0.2, 0) is 16.1 Å². The van der Waals surface area contributed by atoms with Crippen LogP contribution in [-0.4, -0.2) is 57.7 Å². The Hall–Kier alpha value is -1.02. The van der Waals surface area contributed by atoms with E-state index in [2.05, 4.69) is 0 Å². The molecule has 1 aliphatic rings. The van der Waals surface area contributed by atoms with Crippen LogP contribution in [0.15, 0.2) is 30.3 Å². The second kappa shape index (κ2) is 6.42. The van der Waals surface area contributed by atoms with Crippen molar-refractivity contribution in [3.8, 4) is 0 Å². The summed E-state index contributed by atoms with van der Waals surface area (Å²) in [5.41, 5.74) is 0.878. The van der Waals surface area contributed by atoms with Crippen LogP contribution in [0, 0.1) is 0 Å². The lowest BCUT2D eigenvalue weighted by Crippen LogP contribution is -2.59. The van der Waals surface area contributed by atoms with E-state index in [-0.39, 0.29) is 6.61 Å². The highest BCUT2D eigenvalue weighted by Crippen LogP contribution is 2.23. The fourth-order valence-corrected chi connectivity index (χ4v) is 2.03. The van der Waals surface area contributed by atoms with Crippen molar-refractivity contribution >= 4 is 0 Å². The van der Waals surface area contributed by atoms with E-state index >= 15 is 0 Å². The summed E-state index contributed by atoms with van der Waals surface area (Å²) in [7, 11) is 0. The van der Waals surface area contributed by atoms with Crippen molar-refractivity contribution in [2.24, 2.45) is 0 Å². The minimum Gasteiger partial charge on any atom is -0.394 e. The SMILES string of the molecule is OCC1OC(O)C(O)C(OCc2ccccc2)C1O. The molecule has 5 atom stereocenters. The third-order valence-corrected chi connectivity index (χ3v) is 3.13. The summed E-state index contributed by atoms with van der Waals surface area (Å²) in [5.74, 6) is 0. The number of aliphatic hydroxyl groups excluding tert-OH is 4. The number of rotatable bonds is 4. The first-order valence-electron chi connectivity index (χ1n) is 6.09. The second-order valence-electron chi connectivity index (χ2n) is 4.49. The molecule has 0 radical (unpaired) electrons. The molecule has 0 bridgehead atoms. The standard InChI is InChI=1S/C13H18O6/c14-6-9-10(15)12(11(16)13(17)19-9)18-7-8-4-2-1-3-5-8/h1-5,9-17H,6-7H2. The maximum absolute atomic E-state index is 9.91. The Balaban J connectivity index is 2.00. The van der Waals surface area contributed by atoms with Crippen LogP contribution < -0.4 is 0 Å². The lowest BCUT2D eigenvalue weighted by atomic mass is 9.99. The van der Waals surface area contributed by atoms with Crippen molar-refractivity contribution < 1.29 is 29.9 Å². The molecule has 1 saturated heterocycles. The van der Waals surface area contributed by atoms with E-state index in [1.807, 2.05) is 30.3 Å². The molecule has 1 aliphatic heterocycles. The quantitative estimate of drug-likeness (QED) is 0.560. The van der Waals surface area contributed by atoms with E-state index < -0.39 is 37.3 Å². The zero-order valence-corrected chi connectivity index (χ0v) is 10.3. The van der Waals surface area contributed by atoms with Crippen molar-refractivity contribution in [1.29, 1.82) is 0 Å². The van der Waals surface area contributed by atoms with Crippen molar-refractivity contribution in [2.45, 2.75) is 37.3 Å². The molecule has 1 fully saturated rings. The molecule has 1 heterocycles. The zero-order valence-electron chi connectivity index (χ0n) is 10.3. The van der Waals surface area contributed by atoms with Gasteiger partial charge in [-0.3, -0.25) is 0 Å². The van der Waals surface area contributed by atoms with Crippen LogP contribution in [0.25, 0.3) is 0 Å². The number of benzene rings is 1. The summed E-state index contributed by atoms with van der Waals surface area (Å²) in [5, 5.41) is 38.2. The van der Waals surface area contributed by atoms with Gasteiger partial charge in [-0.25, -0.2) is 0 Å². The van der Waals surface area contributed by atoms with Gasteiger partial charge in [0, 0.05) is 0 Å². The van der Waals surface area contributed by atoms with Crippen LogP contribution in [0.4, 0.5) is 0 Å². The predicted molar refractivity (Wildman–Crippen MR) is 65.0 cm³/mol. The largest absolute Gasteiger partial charge is 0.394 e. The minimum atomic E-state index is -1.48. The van der Waals surface area contributed by atoms with Crippen LogP contribution in [0.5, 0.6) is 0 Å². The van der Waals surface area contributed by atoms with E-state index in [0.29, 0.717) is 0 Å². The van der Waals surface area contributed by atoms with E-state index in [1.165, 1.54) is 0 Å². The van der Waals surface area contributed by atoms with Crippen LogP contribution >= 0.6 is 0 Å². The maximum atomic E-state index is 9.91. The van der Waals surface area contributed by atoms with Gasteiger partial charge < -0.3 is 29.9 Å². The molecule has 4 N–H and O–H groups in total. The zero-order chi connectivity index (χ0) is 13.8. The normalized spacial score (nSPS) is 35.3. The molecular formula is C13H18O6. The fourth-order valence-electron chi connectivity index (χ4n) is 2.03. The lowest BCUT2D eigenvalue weighted by Gasteiger charge is -2.39. The summed E-state index contributed by atoms with van der Waals surface area (Å²) in [6, 6.07) is 9.26. The minimum absolute atomic E-state index is 0.185. The molecule has 6 nitrogen and oxygen atoms in total. The molecule has 2 rings (SSSR count). The maximum Gasteiger partial charge on any atom is 0.184 e. The highest BCUT2D eigenvalue weighted by atomic mass is 16.6. The molecule has 6 heteroatoms. The third-order valence-electron chi connectivity index (χ3n) is 3.13. The Morgan fingerprint density at radius 3 is 2.37 bits per heavy atom. The Morgan fingerprint density at radius 2 is 1.74 bits per heavy atom. The summed E-state index contributed by atoms with van der Waals surface area (Å²) in [4.78, 5) is 0. The number of aliphatic hydroxyl groups is 4. The highest BCUT2D eigenvalue weighted by molar-refractivity contribution is 5.13. The van der Waals surface area contributed by atoms with E-state index in [1.54, 1.807) is 0 Å². The highest BCUT2D eigenvalue weighted by Gasteiger charge is 2.44. The molecule has 0 spiro atoms. The Bertz CT molecular complexity index is 384. The average molecular weight is 270 g/mol. The van der Waals surface area contributed by atoms with Gasteiger partial charge in [-0.1, -0.05) is 30.3 Å². The molecule has 0 saturated carbocycles. The Morgan fingerprint density at radius 1 is 1.05 bits per heavy atom. The fraction of sp³-hybridized carbons (Fsp3) is 0.538.